The van der Waals surface area contributed by atoms with Crippen molar-refractivity contribution in [3.05, 3.63) is 0 Å². The van der Waals surface area contributed by atoms with E-state index in [0.29, 0.717) is 12.6 Å². The van der Waals surface area contributed by atoms with Crippen LogP contribution in [0, 0.1) is 0 Å². The quantitative estimate of drug-likeness (QED) is 0.739. The number of amides is 1. The Kier molecular flexibility index (Phi) is 4.97. The summed E-state index contributed by atoms with van der Waals surface area (Å²) in [7, 11) is 0. The summed E-state index contributed by atoms with van der Waals surface area (Å²) in [5.41, 5.74) is 5.56. The van der Waals surface area contributed by atoms with E-state index in [9.17, 15) is 4.79 Å². The van der Waals surface area contributed by atoms with Crippen molar-refractivity contribution >= 4 is 5.91 Å². The van der Waals surface area contributed by atoms with Crippen molar-refractivity contribution in [2.24, 2.45) is 5.73 Å². The second-order valence-corrected chi connectivity index (χ2v) is 5.25. The third-order valence-electron chi connectivity index (χ3n) is 4.00. The summed E-state index contributed by atoms with van der Waals surface area (Å²) < 4.78 is 5.67. The van der Waals surface area contributed by atoms with Gasteiger partial charge in [-0.15, -0.1) is 0 Å². The summed E-state index contributed by atoms with van der Waals surface area (Å²) in [5, 5.41) is 8.89. The average molecular weight is 256 g/mol. The molecule has 2 rings (SSSR count). The normalized spacial score (nSPS) is 32.1. The van der Waals surface area contributed by atoms with Crippen LogP contribution in [-0.2, 0) is 9.53 Å². The van der Waals surface area contributed by atoms with Gasteiger partial charge in [0.2, 0.25) is 0 Å². The number of carbonyl (C=O) groups excluding carboxylic acids is 1. The van der Waals surface area contributed by atoms with Crippen LogP contribution in [0.2, 0.25) is 0 Å². The first kappa shape index (κ1) is 13.8. The average Bonchev–Trinajstić information content (AvgIpc) is 3.04. The molecular weight excluding hydrogens is 232 g/mol. The van der Waals surface area contributed by atoms with Gasteiger partial charge in [0.15, 0.2) is 0 Å². The number of nitrogens with two attached hydrogens (primary N) is 1. The molecular formula is C13H24N2O3. The number of hydrogen-bond donors (Lipinski definition) is 2. The van der Waals surface area contributed by atoms with Crippen LogP contribution < -0.4 is 5.73 Å². The first-order chi connectivity index (χ1) is 8.76. The third kappa shape index (κ3) is 3.02. The summed E-state index contributed by atoms with van der Waals surface area (Å²) in [6.45, 7) is 1.54. The van der Waals surface area contributed by atoms with Crippen molar-refractivity contribution in [3.8, 4) is 0 Å². The number of likely N-dealkylation sites (tertiary alicyclic amines) is 1. The Balaban J connectivity index is 1.87. The van der Waals surface area contributed by atoms with Crippen molar-refractivity contribution < 1.29 is 14.6 Å². The molecule has 0 saturated carbocycles. The van der Waals surface area contributed by atoms with Crippen molar-refractivity contribution in [2.75, 3.05) is 19.7 Å². The first-order valence-corrected chi connectivity index (χ1v) is 7.03. The summed E-state index contributed by atoms with van der Waals surface area (Å²) in [5.74, 6) is 0.131. The Labute approximate surface area is 108 Å². The zero-order valence-corrected chi connectivity index (χ0v) is 10.9. The lowest BCUT2D eigenvalue weighted by molar-refractivity contribution is -0.143. The molecule has 3 unspecified atom stereocenters. The largest absolute Gasteiger partial charge is 0.396 e. The lowest BCUT2D eigenvalue weighted by Crippen LogP contribution is -2.42. The van der Waals surface area contributed by atoms with E-state index in [1.807, 2.05) is 4.90 Å². The second-order valence-electron chi connectivity index (χ2n) is 5.25. The number of rotatable bonds is 5. The minimum Gasteiger partial charge on any atom is -0.396 e. The van der Waals surface area contributed by atoms with Crippen LogP contribution in [0.15, 0.2) is 0 Å². The minimum atomic E-state index is -0.284. The van der Waals surface area contributed by atoms with Gasteiger partial charge < -0.3 is 20.5 Å². The second kappa shape index (κ2) is 6.50. The molecule has 3 atom stereocenters. The van der Waals surface area contributed by atoms with E-state index in [4.69, 9.17) is 15.6 Å². The van der Waals surface area contributed by atoms with E-state index in [0.717, 1.165) is 45.1 Å². The maximum Gasteiger partial charge on any atom is 0.251 e. The summed E-state index contributed by atoms with van der Waals surface area (Å²) >= 11 is 0. The van der Waals surface area contributed by atoms with Crippen LogP contribution in [0.4, 0.5) is 0 Å². The van der Waals surface area contributed by atoms with Crippen molar-refractivity contribution in [3.63, 3.8) is 0 Å². The highest BCUT2D eigenvalue weighted by Crippen LogP contribution is 2.27. The van der Waals surface area contributed by atoms with Crippen LogP contribution in [0.25, 0.3) is 0 Å². The van der Waals surface area contributed by atoms with Crippen molar-refractivity contribution in [1.29, 1.82) is 0 Å². The van der Waals surface area contributed by atoms with Gasteiger partial charge in [0.05, 0.1) is 6.10 Å². The molecule has 5 nitrogen and oxygen atoms in total. The molecule has 2 saturated heterocycles. The molecule has 0 aromatic rings. The molecule has 0 aromatic heterocycles. The number of hydrogen-bond acceptors (Lipinski definition) is 4. The van der Waals surface area contributed by atoms with Gasteiger partial charge in [0.25, 0.3) is 5.91 Å². The number of ether oxygens (including phenoxy) is 1. The lowest BCUT2D eigenvalue weighted by Gasteiger charge is -2.27. The Morgan fingerprint density at radius 2 is 2.22 bits per heavy atom. The highest BCUT2D eigenvalue weighted by Gasteiger charge is 2.37. The third-order valence-corrected chi connectivity index (χ3v) is 4.00. The van der Waals surface area contributed by atoms with Gasteiger partial charge in [0.1, 0.15) is 6.10 Å². The molecule has 2 aliphatic heterocycles. The number of carbonyl (C=O) groups is 1. The maximum absolute atomic E-state index is 12.4. The predicted molar refractivity (Wildman–Crippen MR) is 68.0 cm³/mol. The monoisotopic (exact) mass is 256 g/mol. The standard InChI is InChI=1S/C13H24N2O3/c14-9-11-5-6-12(18-11)13(17)15-7-1-3-10(15)4-2-8-16/h10-12,16H,1-9,14H2. The zero-order valence-electron chi connectivity index (χ0n) is 10.9. The molecule has 5 heteroatoms. The molecule has 3 N–H and O–H groups in total. The van der Waals surface area contributed by atoms with E-state index in [-0.39, 0.29) is 24.7 Å². The Bertz CT molecular complexity index is 285. The van der Waals surface area contributed by atoms with Gasteiger partial charge >= 0.3 is 0 Å². The summed E-state index contributed by atoms with van der Waals surface area (Å²) in [6.07, 6.45) is 5.24. The maximum atomic E-state index is 12.4. The molecule has 2 heterocycles. The van der Waals surface area contributed by atoms with E-state index >= 15 is 0 Å². The molecule has 0 aliphatic carbocycles. The Hall–Kier alpha value is -0.650. The fourth-order valence-corrected chi connectivity index (χ4v) is 3.00. The van der Waals surface area contributed by atoms with Gasteiger partial charge in [-0.2, -0.15) is 0 Å². The molecule has 0 radical (unpaired) electrons. The molecule has 0 bridgehead atoms. The minimum absolute atomic E-state index is 0.0532. The van der Waals surface area contributed by atoms with Gasteiger partial charge in [0, 0.05) is 25.7 Å². The first-order valence-electron chi connectivity index (χ1n) is 7.03. The molecule has 0 aromatic carbocycles. The lowest BCUT2D eigenvalue weighted by atomic mass is 10.1. The fraction of sp³-hybridized carbons (Fsp3) is 0.923. The number of aliphatic hydroxyl groups is 1. The number of aliphatic hydroxyl groups excluding tert-OH is 1. The summed E-state index contributed by atoms with van der Waals surface area (Å²) in [6, 6.07) is 0.296. The van der Waals surface area contributed by atoms with Gasteiger partial charge in [-0.25, -0.2) is 0 Å². The molecule has 104 valence electrons. The highest BCUT2D eigenvalue weighted by molar-refractivity contribution is 5.81. The van der Waals surface area contributed by atoms with E-state index in [2.05, 4.69) is 0 Å². The van der Waals surface area contributed by atoms with E-state index < -0.39 is 0 Å². The summed E-state index contributed by atoms with van der Waals surface area (Å²) in [4.78, 5) is 14.3. The SMILES string of the molecule is NCC1CCC(C(=O)N2CCCC2CCCO)O1. The molecule has 18 heavy (non-hydrogen) atoms. The Morgan fingerprint density at radius 1 is 1.39 bits per heavy atom. The van der Waals surface area contributed by atoms with Crippen molar-refractivity contribution in [1.82, 2.24) is 4.90 Å². The molecule has 0 spiro atoms. The van der Waals surface area contributed by atoms with Gasteiger partial charge in [-0.3, -0.25) is 4.79 Å². The van der Waals surface area contributed by atoms with Crippen LogP contribution in [0.3, 0.4) is 0 Å². The van der Waals surface area contributed by atoms with Crippen LogP contribution in [0.1, 0.15) is 38.5 Å². The van der Waals surface area contributed by atoms with Crippen molar-refractivity contribution in [2.45, 2.75) is 56.8 Å². The van der Waals surface area contributed by atoms with Gasteiger partial charge in [-0.05, 0) is 38.5 Å². The zero-order chi connectivity index (χ0) is 13.0. The highest BCUT2D eigenvalue weighted by atomic mass is 16.5. The Morgan fingerprint density at radius 3 is 2.89 bits per heavy atom. The van der Waals surface area contributed by atoms with E-state index in [1.54, 1.807) is 0 Å². The topological polar surface area (TPSA) is 75.8 Å². The molecule has 2 fully saturated rings. The van der Waals surface area contributed by atoms with Crippen LogP contribution >= 0.6 is 0 Å². The smallest absolute Gasteiger partial charge is 0.251 e. The van der Waals surface area contributed by atoms with Gasteiger partial charge in [-0.1, -0.05) is 0 Å². The number of nitrogens with zero attached hydrogens (tertiary/aromatic N) is 1. The molecule has 1 amide bonds. The van der Waals surface area contributed by atoms with Crippen LogP contribution in [-0.4, -0.2) is 53.9 Å². The predicted octanol–water partition coefficient (Wildman–Crippen LogP) is 0.256. The fourth-order valence-electron chi connectivity index (χ4n) is 3.00. The molecule has 2 aliphatic rings. The van der Waals surface area contributed by atoms with E-state index in [1.165, 1.54) is 0 Å². The van der Waals surface area contributed by atoms with Crippen LogP contribution in [0.5, 0.6) is 0 Å².